The van der Waals surface area contributed by atoms with Crippen molar-refractivity contribution >= 4 is 5.91 Å². The maximum absolute atomic E-state index is 12.5. The summed E-state index contributed by atoms with van der Waals surface area (Å²) in [7, 11) is 1.97. The van der Waals surface area contributed by atoms with Crippen LogP contribution in [0.25, 0.3) is 0 Å². The van der Waals surface area contributed by atoms with Crippen LogP contribution in [0.2, 0.25) is 0 Å². The maximum atomic E-state index is 12.5. The van der Waals surface area contributed by atoms with Crippen molar-refractivity contribution < 1.29 is 9.90 Å². The van der Waals surface area contributed by atoms with Gasteiger partial charge in [-0.25, -0.2) is 0 Å². The smallest absolute Gasteiger partial charge is 0.234 e. The summed E-state index contributed by atoms with van der Waals surface area (Å²) in [6, 6.07) is 8.65. The molecule has 4 nitrogen and oxygen atoms in total. The lowest BCUT2D eigenvalue weighted by Gasteiger charge is -2.24. The second-order valence-electron chi connectivity index (χ2n) is 7.75. The topological polar surface area (TPSA) is 52.6 Å². The number of benzene rings is 1. The standard InChI is InChI=1S/C20H30N2O2/c1-14-6-8-15(9-7-14)20(16-10-11-16)21-19(24)13-22(2)12-17-4-3-5-18(17)23/h6-9,16-18,20,23H,3-5,10-13H2,1-2H3,(H,21,24). The van der Waals surface area contributed by atoms with Gasteiger partial charge >= 0.3 is 0 Å². The fourth-order valence-electron chi connectivity index (χ4n) is 3.84. The predicted octanol–water partition coefficient (Wildman–Crippen LogP) is 2.66. The molecule has 2 aliphatic carbocycles. The number of aliphatic hydroxyl groups is 1. The van der Waals surface area contributed by atoms with E-state index in [4.69, 9.17) is 0 Å². The van der Waals surface area contributed by atoms with E-state index in [1.807, 2.05) is 11.9 Å². The van der Waals surface area contributed by atoms with Crippen molar-refractivity contribution in [3.63, 3.8) is 0 Å². The molecule has 3 atom stereocenters. The number of aliphatic hydroxyl groups excluding tert-OH is 1. The van der Waals surface area contributed by atoms with Gasteiger partial charge in [0.05, 0.1) is 18.7 Å². The average molecular weight is 330 g/mol. The van der Waals surface area contributed by atoms with Gasteiger partial charge in [-0.1, -0.05) is 36.2 Å². The Morgan fingerprint density at radius 3 is 2.54 bits per heavy atom. The van der Waals surface area contributed by atoms with Gasteiger partial charge in [-0.2, -0.15) is 0 Å². The lowest BCUT2D eigenvalue weighted by atomic mass is 10.0. The van der Waals surface area contributed by atoms with Gasteiger partial charge in [0.25, 0.3) is 0 Å². The minimum atomic E-state index is -0.192. The number of carbonyl (C=O) groups is 1. The zero-order valence-corrected chi connectivity index (χ0v) is 14.9. The molecular formula is C20H30N2O2. The number of nitrogens with zero attached hydrogens (tertiary/aromatic N) is 1. The first-order chi connectivity index (χ1) is 11.5. The Morgan fingerprint density at radius 2 is 1.96 bits per heavy atom. The van der Waals surface area contributed by atoms with Crippen LogP contribution in [0.4, 0.5) is 0 Å². The molecule has 0 bridgehead atoms. The molecule has 0 saturated heterocycles. The first kappa shape index (κ1) is 17.4. The van der Waals surface area contributed by atoms with E-state index in [0.717, 1.165) is 25.8 Å². The average Bonchev–Trinajstić information content (AvgIpc) is 3.30. The van der Waals surface area contributed by atoms with Gasteiger partial charge in [-0.3, -0.25) is 9.69 Å². The van der Waals surface area contributed by atoms with Crippen molar-refractivity contribution in [1.29, 1.82) is 0 Å². The van der Waals surface area contributed by atoms with Crippen molar-refractivity contribution in [2.24, 2.45) is 11.8 Å². The zero-order chi connectivity index (χ0) is 17.1. The van der Waals surface area contributed by atoms with Crippen molar-refractivity contribution in [3.05, 3.63) is 35.4 Å². The number of amides is 1. The van der Waals surface area contributed by atoms with E-state index in [0.29, 0.717) is 18.4 Å². The molecule has 2 fully saturated rings. The number of hydrogen-bond acceptors (Lipinski definition) is 3. The summed E-state index contributed by atoms with van der Waals surface area (Å²) in [5.74, 6) is 0.986. The zero-order valence-electron chi connectivity index (χ0n) is 14.9. The summed E-state index contributed by atoms with van der Waals surface area (Å²) in [6.07, 6.45) is 5.28. The first-order valence-electron chi connectivity index (χ1n) is 9.25. The van der Waals surface area contributed by atoms with Crippen LogP contribution >= 0.6 is 0 Å². The Bertz CT molecular complexity index is 553. The van der Waals surface area contributed by atoms with Crippen LogP contribution in [-0.4, -0.2) is 42.2 Å². The summed E-state index contributed by atoms with van der Waals surface area (Å²) < 4.78 is 0. The van der Waals surface area contributed by atoms with Crippen molar-refractivity contribution in [2.45, 2.75) is 51.2 Å². The monoisotopic (exact) mass is 330 g/mol. The summed E-state index contributed by atoms with van der Waals surface area (Å²) in [5.41, 5.74) is 2.46. The molecule has 132 valence electrons. The largest absolute Gasteiger partial charge is 0.393 e. The van der Waals surface area contributed by atoms with Crippen LogP contribution < -0.4 is 5.32 Å². The minimum absolute atomic E-state index is 0.0856. The summed E-state index contributed by atoms with van der Waals surface area (Å²) >= 11 is 0. The number of nitrogens with one attached hydrogen (secondary N) is 1. The Labute approximate surface area is 145 Å². The molecule has 1 aromatic carbocycles. The number of hydrogen-bond donors (Lipinski definition) is 2. The molecule has 3 unspecified atom stereocenters. The molecule has 2 aliphatic rings. The molecule has 0 aromatic heterocycles. The molecule has 0 spiro atoms. The third kappa shape index (κ3) is 4.58. The third-order valence-corrected chi connectivity index (χ3v) is 5.43. The van der Waals surface area contributed by atoms with Gasteiger partial charge in [0.15, 0.2) is 0 Å². The molecule has 24 heavy (non-hydrogen) atoms. The van der Waals surface area contributed by atoms with Gasteiger partial charge in [-0.15, -0.1) is 0 Å². The van der Waals surface area contributed by atoms with E-state index in [1.54, 1.807) is 0 Å². The Balaban J connectivity index is 1.53. The van der Waals surface area contributed by atoms with E-state index in [9.17, 15) is 9.90 Å². The van der Waals surface area contributed by atoms with E-state index >= 15 is 0 Å². The molecule has 2 saturated carbocycles. The van der Waals surface area contributed by atoms with E-state index in [1.165, 1.54) is 24.0 Å². The number of likely N-dealkylation sites (N-methyl/N-ethyl adjacent to an activating group) is 1. The molecule has 1 aromatic rings. The highest BCUT2D eigenvalue weighted by atomic mass is 16.3. The number of carbonyl (C=O) groups excluding carboxylic acids is 1. The fourth-order valence-corrected chi connectivity index (χ4v) is 3.84. The van der Waals surface area contributed by atoms with Crippen LogP contribution in [0.1, 0.15) is 49.3 Å². The SMILES string of the molecule is Cc1ccc(C(NC(=O)CN(C)CC2CCCC2O)C2CC2)cc1. The van der Waals surface area contributed by atoms with Crippen LogP contribution in [0, 0.1) is 18.8 Å². The highest BCUT2D eigenvalue weighted by molar-refractivity contribution is 5.78. The van der Waals surface area contributed by atoms with E-state index in [-0.39, 0.29) is 18.1 Å². The van der Waals surface area contributed by atoms with Crippen LogP contribution in [0.5, 0.6) is 0 Å². The second-order valence-corrected chi connectivity index (χ2v) is 7.75. The van der Waals surface area contributed by atoms with Gasteiger partial charge < -0.3 is 10.4 Å². The summed E-state index contributed by atoms with van der Waals surface area (Å²) in [4.78, 5) is 14.5. The molecular weight excluding hydrogens is 300 g/mol. The molecule has 0 radical (unpaired) electrons. The van der Waals surface area contributed by atoms with Crippen molar-refractivity contribution in [3.8, 4) is 0 Å². The highest BCUT2D eigenvalue weighted by Gasteiger charge is 2.33. The quantitative estimate of drug-likeness (QED) is 0.808. The lowest BCUT2D eigenvalue weighted by molar-refractivity contribution is -0.123. The minimum Gasteiger partial charge on any atom is -0.393 e. The number of aryl methyl sites for hydroxylation is 1. The lowest BCUT2D eigenvalue weighted by Crippen LogP contribution is -2.40. The van der Waals surface area contributed by atoms with Gasteiger partial charge in [0.2, 0.25) is 5.91 Å². The maximum Gasteiger partial charge on any atom is 0.234 e. The Morgan fingerprint density at radius 1 is 1.25 bits per heavy atom. The van der Waals surface area contributed by atoms with E-state index < -0.39 is 0 Å². The molecule has 1 amide bonds. The van der Waals surface area contributed by atoms with Crippen molar-refractivity contribution in [1.82, 2.24) is 10.2 Å². The third-order valence-electron chi connectivity index (χ3n) is 5.43. The molecule has 3 rings (SSSR count). The Kier molecular flexibility index (Phi) is 5.57. The van der Waals surface area contributed by atoms with Gasteiger partial charge in [0, 0.05) is 6.54 Å². The second kappa shape index (κ2) is 7.66. The molecule has 4 heteroatoms. The number of rotatable bonds is 7. The predicted molar refractivity (Wildman–Crippen MR) is 95.6 cm³/mol. The van der Waals surface area contributed by atoms with E-state index in [2.05, 4.69) is 36.5 Å². The molecule has 2 N–H and O–H groups in total. The van der Waals surface area contributed by atoms with Crippen molar-refractivity contribution in [2.75, 3.05) is 20.1 Å². The first-order valence-corrected chi connectivity index (χ1v) is 9.25. The normalized spacial score (nSPS) is 25.0. The van der Waals surface area contributed by atoms with Crippen LogP contribution in [-0.2, 0) is 4.79 Å². The molecule has 0 heterocycles. The summed E-state index contributed by atoms with van der Waals surface area (Å²) in [5, 5.41) is 13.2. The molecule has 0 aliphatic heterocycles. The summed E-state index contributed by atoms with van der Waals surface area (Å²) in [6.45, 7) is 3.28. The Hall–Kier alpha value is -1.39. The van der Waals surface area contributed by atoms with Crippen LogP contribution in [0.3, 0.4) is 0 Å². The van der Waals surface area contributed by atoms with Gasteiger partial charge in [-0.05, 0) is 57.1 Å². The van der Waals surface area contributed by atoms with Gasteiger partial charge in [0.1, 0.15) is 0 Å². The highest BCUT2D eigenvalue weighted by Crippen LogP contribution is 2.41. The fraction of sp³-hybridized carbons (Fsp3) is 0.650. The van der Waals surface area contributed by atoms with Crippen LogP contribution in [0.15, 0.2) is 24.3 Å².